The van der Waals surface area contributed by atoms with E-state index in [0.29, 0.717) is 0 Å². The van der Waals surface area contributed by atoms with E-state index in [2.05, 4.69) is 13.0 Å². The van der Waals surface area contributed by atoms with Crippen LogP contribution in [0.1, 0.15) is 27.2 Å². The van der Waals surface area contributed by atoms with Gasteiger partial charge in [0, 0.05) is 0 Å². The molecule has 0 aromatic rings. The van der Waals surface area contributed by atoms with E-state index in [0.717, 1.165) is 12.0 Å². The van der Waals surface area contributed by atoms with Gasteiger partial charge in [-0.3, -0.25) is 4.79 Å². The van der Waals surface area contributed by atoms with Crippen LogP contribution in [0.5, 0.6) is 0 Å². The van der Waals surface area contributed by atoms with Crippen LogP contribution in [0.3, 0.4) is 0 Å². The molecule has 0 amide bonds. The molecule has 1 atom stereocenters. The van der Waals surface area contributed by atoms with E-state index in [1.165, 1.54) is 23.5 Å². The van der Waals surface area contributed by atoms with Crippen molar-refractivity contribution in [1.82, 2.24) is 0 Å². The number of rotatable bonds is 4. The molecule has 0 saturated heterocycles. The second-order valence-corrected chi connectivity index (χ2v) is 5.59. The molecule has 84 valence electrons. The summed E-state index contributed by atoms with van der Waals surface area (Å²) in [5.41, 5.74) is 1.09. The maximum absolute atomic E-state index is 11.7. The minimum absolute atomic E-state index is 0.0885. The van der Waals surface area contributed by atoms with Gasteiger partial charge >= 0.3 is 5.97 Å². The highest BCUT2D eigenvalue weighted by molar-refractivity contribution is 8.22. The molecule has 0 aromatic heterocycles. The Morgan fingerprint density at radius 2 is 2.13 bits per heavy atom. The van der Waals surface area contributed by atoms with Crippen molar-refractivity contribution < 1.29 is 9.53 Å². The van der Waals surface area contributed by atoms with Gasteiger partial charge in [0.15, 0.2) is 0 Å². The van der Waals surface area contributed by atoms with Crippen molar-refractivity contribution in [2.45, 2.75) is 32.0 Å². The third-order valence-corrected chi connectivity index (χ3v) is 4.27. The van der Waals surface area contributed by atoms with E-state index in [-0.39, 0.29) is 16.7 Å². The predicted molar refractivity (Wildman–Crippen MR) is 67.4 cm³/mol. The summed E-state index contributed by atoms with van der Waals surface area (Å²) in [4.78, 5) is 11.7. The van der Waals surface area contributed by atoms with E-state index >= 15 is 0 Å². The molecule has 4 heteroatoms. The molecule has 0 spiro atoms. The number of thioether (sulfide) groups is 2. The standard InChI is InChI=1S/C11H16O2S2/c1-4-5-8(2)9(3)10(12)13-11-14-6-7-15-11/h5-7,9,11H,4H2,1-3H3. The van der Waals surface area contributed by atoms with Crippen molar-refractivity contribution in [1.29, 1.82) is 0 Å². The van der Waals surface area contributed by atoms with Crippen molar-refractivity contribution in [2.75, 3.05) is 0 Å². The first-order chi connectivity index (χ1) is 7.15. The lowest BCUT2D eigenvalue weighted by atomic mass is 10.0. The molecule has 15 heavy (non-hydrogen) atoms. The molecular formula is C11H16O2S2. The molecule has 1 aliphatic heterocycles. The lowest BCUT2D eigenvalue weighted by Crippen LogP contribution is -2.18. The second-order valence-electron chi connectivity index (χ2n) is 3.35. The fourth-order valence-corrected chi connectivity index (χ4v) is 2.87. The molecule has 0 saturated carbocycles. The SMILES string of the molecule is CCC=C(C)C(C)C(=O)OC1SC=CS1. The molecule has 1 heterocycles. The van der Waals surface area contributed by atoms with Crippen LogP contribution < -0.4 is 0 Å². The molecule has 1 unspecified atom stereocenters. The third-order valence-electron chi connectivity index (χ3n) is 2.21. The molecule has 0 bridgehead atoms. The van der Waals surface area contributed by atoms with Gasteiger partial charge in [-0.05, 0) is 31.1 Å². The highest BCUT2D eigenvalue weighted by Crippen LogP contribution is 2.34. The van der Waals surface area contributed by atoms with Gasteiger partial charge < -0.3 is 4.74 Å². The highest BCUT2D eigenvalue weighted by Gasteiger charge is 2.22. The maximum Gasteiger partial charge on any atom is 0.314 e. The van der Waals surface area contributed by atoms with Crippen LogP contribution in [0.15, 0.2) is 22.5 Å². The summed E-state index contributed by atoms with van der Waals surface area (Å²) in [6, 6.07) is 0. The van der Waals surface area contributed by atoms with E-state index in [1.807, 2.05) is 24.7 Å². The highest BCUT2D eigenvalue weighted by atomic mass is 32.2. The molecule has 2 nitrogen and oxygen atoms in total. The Bertz CT molecular complexity index is 276. The van der Waals surface area contributed by atoms with E-state index in [4.69, 9.17) is 4.74 Å². The normalized spacial score (nSPS) is 19.3. The zero-order valence-electron chi connectivity index (χ0n) is 9.23. The maximum atomic E-state index is 11.7. The summed E-state index contributed by atoms with van der Waals surface area (Å²) in [7, 11) is 0. The average Bonchev–Trinajstić information content (AvgIpc) is 2.69. The number of carbonyl (C=O) groups excluding carboxylic acids is 1. The molecule has 0 N–H and O–H groups in total. The third kappa shape index (κ3) is 3.95. The van der Waals surface area contributed by atoms with Gasteiger partial charge in [0.1, 0.15) is 0 Å². The molecule has 1 aliphatic rings. The summed E-state index contributed by atoms with van der Waals surface area (Å²) in [5, 5.41) is 3.89. The van der Waals surface area contributed by atoms with Crippen LogP contribution in [0.25, 0.3) is 0 Å². The minimum Gasteiger partial charge on any atom is -0.440 e. The van der Waals surface area contributed by atoms with Crippen molar-refractivity contribution in [3.05, 3.63) is 22.5 Å². The topological polar surface area (TPSA) is 26.3 Å². The number of allylic oxidation sites excluding steroid dienone is 1. The number of hydrogen-bond donors (Lipinski definition) is 0. The Kier molecular flexibility index (Phi) is 5.32. The lowest BCUT2D eigenvalue weighted by molar-refractivity contribution is -0.145. The van der Waals surface area contributed by atoms with Gasteiger partial charge in [-0.2, -0.15) is 0 Å². The van der Waals surface area contributed by atoms with Crippen LogP contribution in [-0.4, -0.2) is 10.7 Å². The first kappa shape index (κ1) is 12.7. The van der Waals surface area contributed by atoms with Crippen molar-refractivity contribution in [2.24, 2.45) is 5.92 Å². The zero-order valence-corrected chi connectivity index (χ0v) is 10.9. The Hall–Kier alpha value is -0.350. The van der Waals surface area contributed by atoms with Crippen LogP contribution >= 0.6 is 23.5 Å². The molecule has 1 rings (SSSR count). The van der Waals surface area contributed by atoms with Crippen LogP contribution in [0.2, 0.25) is 0 Å². The van der Waals surface area contributed by atoms with Gasteiger partial charge in [0.25, 0.3) is 0 Å². The van der Waals surface area contributed by atoms with Crippen molar-refractivity contribution in [3.63, 3.8) is 0 Å². The largest absolute Gasteiger partial charge is 0.440 e. The Labute approximate surface area is 99.5 Å². The summed E-state index contributed by atoms with van der Waals surface area (Å²) < 4.78 is 5.24. The van der Waals surface area contributed by atoms with Crippen molar-refractivity contribution in [3.8, 4) is 0 Å². The van der Waals surface area contributed by atoms with Gasteiger partial charge in [-0.1, -0.05) is 42.1 Å². The number of ether oxygens (including phenoxy) is 1. The Balaban J connectivity index is 2.42. The van der Waals surface area contributed by atoms with Gasteiger partial charge in [-0.15, -0.1) is 0 Å². The first-order valence-electron chi connectivity index (χ1n) is 4.98. The zero-order chi connectivity index (χ0) is 11.3. The van der Waals surface area contributed by atoms with E-state index < -0.39 is 0 Å². The summed E-state index contributed by atoms with van der Waals surface area (Å²) >= 11 is 3.07. The van der Waals surface area contributed by atoms with E-state index in [1.54, 1.807) is 0 Å². The number of hydrogen-bond acceptors (Lipinski definition) is 4. The Morgan fingerprint density at radius 1 is 1.53 bits per heavy atom. The fourth-order valence-electron chi connectivity index (χ4n) is 1.16. The smallest absolute Gasteiger partial charge is 0.314 e. The first-order valence-corrected chi connectivity index (χ1v) is 6.86. The average molecular weight is 244 g/mol. The van der Waals surface area contributed by atoms with Crippen LogP contribution in [-0.2, 0) is 9.53 Å². The monoisotopic (exact) mass is 244 g/mol. The molecule has 0 aromatic carbocycles. The minimum atomic E-state index is -0.133. The second kappa shape index (κ2) is 6.28. The molecule has 0 aliphatic carbocycles. The lowest BCUT2D eigenvalue weighted by Gasteiger charge is -2.15. The van der Waals surface area contributed by atoms with E-state index in [9.17, 15) is 4.79 Å². The Morgan fingerprint density at radius 3 is 2.67 bits per heavy atom. The summed E-state index contributed by atoms with van der Waals surface area (Å²) in [6.07, 6.45) is 3.02. The number of carbonyl (C=O) groups is 1. The van der Waals surface area contributed by atoms with Gasteiger partial charge in [-0.25, -0.2) is 0 Å². The quantitative estimate of drug-likeness (QED) is 0.555. The molecular weight excluding hydrogens is 228 g/mol. The molecule has 0 radical (unpaired) electrons. The van der Waals surface area contributed by atoms with Crippen LogP contribution in [0, 0.1) is 5.92 Å². The predicted octanol–water partition coefficient (Wildman–Crippen LogP) is 3.76. The summed E-state index contributed by atoms with van der Waals surface area (Å²) in [6.45, 7) is 5.93. The summed E-state index contributed by atoms with van der Waals surface area (Å²) in [5.74, 6) is -0.266. The number of esters is 1. The fraction of sp³-hybridized carbons (Fsp3) is 0.545. The van der Waals surface area contributed by atoms with Crippen molar-refractivity contribution >= 4 is 29.5 Å². The molecule has 0 fully saturated rings. The van der Waals surface area contributed by atoms with Gasteiger partial charge in [0.2, 0.25) is 4.77 Å². The van der Waals surface area contributed by atoms with Gasteiger partial charge in [0.05, 0.1) is 5.92 Å². The van der Waals surface area contributed by atoms with Crippen LogP contribution in [0.4, 0.5) is 0 Å².